The van der Waals surface area contributed by atoms with Crippen molar-refractivity contribution in [3.05, 3.63) is 46.2 Å². The maximum absolute atomic E-state index is 8.73. The van der Waals surface area contributed by atoms with Crippen LogP contribution in [-0.4, -0.2) is 15.0 Å². The molecule has 2 rings (SSSR count). The first-order valence-corrected chi connectivity index (χ1v) is 6.15. The van der Waals surface area contributed by atoms with Crippen LogP contribution >= 0.6 is 11.6 Å². The molecular formula is C13H13ClN4. The molecule has 0 aliphatic carbocycles. The Morgan fingerprint density at radius 3 is 2.67 bits per heavy atom. The average Bonchev–Trinajstić information content (AvgIpc) is 2.75. The van der Waals surface area contributed by atoms with Crippen LogP contribution in [0, 0.1) is 11.3 Å². The lowest BCUT2D eigenvalue weighted by Crippen LogP contribution is -2.06. The lowest BCUT2D eigenvalue weighted by atomic mass is 10.2. The summed E-state index contributed by atoms with van der Waals surface area (Å²) < 4.78 is 1.84. The molecule has 18 heavy (non-hydrogen) atoms. The third kappa shape index (κ3) is 2.69. The highest BCUT2D eigenvalue weighted by atomic mass is 35.5. The Morgan fingerprint density at radius 2 is 2.06 bits per heavy atom. The standard InChI is InChI=1S/C13H13ClN4/c1-2-13-12(7-8-15)16-17-18(13)9-10-3-5-11(14)6-4-10/h3-6H,2,7,9H2,1H3. The van der Waals surface area contributed by atoms with E-state index in [4.69, 9.17) is 16.9 Å². The van der Waals surface area contributed by atoms with Crippen LogP contribution in [-0.2, 0) is 19.4 Å². The molecular weight excluding hydrogens is 248 g/mol. The molecule has 1 aromatic heterocycles. The van der Waals surface area contributed by atoms with E-state index in [2.05, 4.69) is 16.4 Å². The minimum atomic E-state index is 0.309. The molecule has 4 nitrogen and oxygen atoms in total. The van der Waals surface area contributed by atoms with Crippen LogP contribution in [0.1, 0.15) is 23.9 Å². The first kappa shape index (κ1) is 12.6. The average molecular weight is 261 g/mol. The van der Waals surface area contributed by atoms with Crippen LogP contribution < -0.4 is 0 Å². The first-order chi connectivity index (χ1) is 8.74. The number of hydrogen-bond donors (Lipinski definition) is 0. The lowest BCUT2D eigenvalue weighted by molar-refractivity contribution is 0.622. The van der Waals surface area contributed by atoms with Gasteiger partial charge in [0.15, 0.2) is 0 Å². The summed E-state index contributed by atoms with van der Waals surface area (Å²) in [6.07, 6.45) is 1.13. The first-order valence-electron chi connectivity index (χ1n) is 5.77. The molecule has 0 saturated carbocycles. The Kier molecular flexibility index (Phi) is 3.96. The van der Waals surface area contributed by atoms with Gasteiger partial charge >= 0.3 is 0 Å². The number of nitrogens with zero attached hydrogens (tertiary/aromatic N) is 4. The predicted octanol–water partition coefficient (Wildman–Crippen LogP) is 2.61. The summed E-state index contributed by atoms with van der Waals surface area (Å²) in [7, 11) is 0. The van der Waals surface area contributed by atoms with Crippen molar-refractivity contribution in [1.29, 1.82) is 5.26 Å². The molecule has 0 radical (unpaired) electrons. The second-order valence-corrected chi connectivity index (χ2v) is 4.39. The molecule has 0 aliphatic rings. The third-order valence-corrected chi connectivity index (χ3v) is 3.00. The van der Waals surface area contributed by atoms with Crippen LogP contribution in [0.2, 0.25) is 5.02 Å². The summed E-state index contributed by atoms with van der Waals surface area (Å²) in [5.74, 6) is 0. The minimum absolute atomic E-state index is 0.309. The van der Waals surface area contributed by atoms with Gasteiger partial charge in [0.1, 0.15) is 0 Å². The van der Waals surface area contributed by atoms with E-state index in [1.807, 2.05) is 35.9 Å². The summed E-state index contributed by atoms with van der Waals surface area (Å²) in [6.45, 7) is 2.69. The van der Waals surface area contributed by atoms with Gasteiger partial charge in [-0.25, -0.2) is 4.68 Å². The molecule has 0 unspecified atom stereocenters. The highest BCUT2D eigenvalue weighted by Gasteiger charge is 2.10. The van der Waals surface area contributed by atoms with Gasteiger partial charge in [0.05, 0.1) is 30.4 Å². The molecule has 0 saturated heterocycles. The number of halogens is 1. The summed E-state index contributed by atoms with van der Waals surface area (Å²) in [4.78, 5) is 0. The highest BCUT2D eigenvalue weighted by molar-refractivity contribution is 6.30. The summed E-state index contributed by atoms with van der Waals surface area (Å²) in [6, 6.07) is 9.76. The highest BCUT2D eigenvalue weighted by Crippen LogP contribution is 2.13. The quantitative estimate of drug-likeness (QED) is 0.849. The second kappa shape index (κ2) is 5.65. The van der Waals surface area contributed by atoms with Crippen LogP contribution in [0.3, 0.4) is 0 Å². The zero-order valence-electron chi connectivity index (χ0n) is 10.1. The lowest BCUT2D eigenvalue weighted by Gasteiger charge is -2.05. The van der Waals surface area contributed by atoms with Gasteiger partial charge in [-0.05, 0) is 24.1 Å². The number of aromatic nitrogens is 3. The van der Waals surface area contributed by atoms with Crippen molar-refractivity contribution in [1.82, 2.24) is 15.0 Å². The summed E-state index contributed by atoms with van der Waals surface area (Å²) in [5, 5.41) is 17.6. The molecule has 0 bridgehead atoms. The van der Waals surface area contributed by atoms with Crippen molar-refractivity contribution in [2.75, 3.05) is 0 Å². The van der Waals surface area contributed by atoms with Crippen molar-refractivity contribution in [3.8, 4) is 6.07 Å². The molecule has 0 fully saturated rings. The second-order valence-electron chi connectivity index (χ2n) is 3.96. The van der Waals surface area contributed by atoms with Crippen LogP contribution in [0.5, 0.6) is 0 Å². The van der Waals surface area contributed by atoms with E-state index >= 15 is 0 Å². The smallest absolute Gasteiger partial charge is 0.0999 e. The largest absolute Gasteiger partial charge is 0.245 e. The Balaban J connectivity index is 2.24. The molecule has 0 spiro atoms. The SMILES string of the molecule is CCc1c(CC#N)nnn1Cc1ccc(Cl)cc1. The monoisotopic (exact) mass is 260 g/mol. The fourth-order valence-electron chi connectivity index (χ4n) is 1.86. The molecule has 1 aromatic carbocycles. The van der Waals surface area contributed by atoms with Gasteiger partial charge < -0.3 is 0 Å². The molecule has 0 aliphatic heterocycles. The Bertz CT molecular complexity index is 566. The van der Waals surface area contributed by atoms with E-state index in [-0.39, 0.29) is 0 Å². The number of rotatable bonds is 4. The van der Waals surface area contributed by atoms with Crippen molar-refractivity contribution in [2.45, 2.75) is 26.3 Å². The van der Waals surface area contributed by atoms with Gasteiger partial charge in [-0.15, -0.1) is 5.10 Å². The van der Waals surface area contributed by atoms with E-state index in [0.29, 0.717) is 13.0 Å². The summed E-state index contributed by atoms with van der Waals surface area (Å²) >= 11 is 5.85. The van der Waals surface area contributed by atoms with Gasteiger partial charge in [0.25, 0.3) is 0 Å². The molecule has 5 heteroatoms. The number of hydrogen-bond acceptors (Lipinski definition) is 3. The van der Waals surface area contributed by atoms with Crippen LogP contribution in [0.25, 0.3) is 0 Å². The predicted molar refractivity (Wildman–Crippen MR) is 69.3 cm³/mol. The molecule has 1 heterocycles. The Labute approximate surface area is 111 Å². The molecule has 92 valence electrons. The van der Waals surface area contributed by atoms with Gasteiger partial charge in [-0.1, -0.05) is 35.9 Å². The van der Waals surface area contributed by atoms with Crippen LogP contribution in [0.4, 0.5) is 0 Å². The topological polar surface area (TPSA) is 54.5 Å². The number of benzene rings is 1. The minimum Gasteiger partial charge on any atom is -0.245 e. The van der Waals surface area contributed by atoms with E-state index in [9.17, 15) is 0 Å². The fourth-order valence-corrected chi connectivity index (χ4v) is 1.98. The molecule has 0 amide bonds. The van der Waals surface area contributed by atoms with E-state index in [1.54, 1.807) is 0 Å². The van der Waals surface area contributed by atoms with Gasteiger partial charge in [0, 0.05) is 5.02 Å². The zero-order valence-corrected chi connectivity index (χ0v) is 10.9. The third-order valence-electron chi connectivity index (χ3n) is 2.75. The summed E-state index contributed by atoms with van der Waals surface area (Å²) in [5.41, 5.74) is 2.91. The van der Waals surface area contributed by atoms with E-state index in [1.165, 1.54) is 0 Å². The normalized spacial score (nSPS) is 10.3. The van der Waals surface area contributed by atoms with Crippen LogP contribution in [0.15, 0.2) is 24.3 Å². The Hall–Kier alpha value is -1.86. The van der Waals surface area contributed by atoms with Crippen molar-refractivity contribution >= 4 is 11.6 Å². The zero-order chi connectivity index (χ0) is 13.0. The molecule has 0 N–H and O–H groups in total. The molecule has 2 aromatic rings. The number of nitriles is 1. The molecule has 0 atom stereocenters. The van der Waals surface area contributed by atoms with E-state index < -0.39 is 0 Å². The Morgan fingerprint density at radius 1 is 1.33 bits per heavy atom. The van der Waals surface area contributed by atoms with Crippen molar-refractivity contribution < 1.29 is 0 Å². The van der Waals surface area contributed by atoms with Gasteiger partial charge in [-0.3, -0.25) is 0 Å². The maximum Gasteiger partial charge on any atom is 0.0999 e. The fraction of sp³-hybridized carbons (Fsp3) is 0.308. The van der Waals surface area contributed by atoms with Gasteiger partial charge in [0.2, 0.25) is 0 Å². The van der Waals surface area contributed by atoms with Crippen molar-refractivity contribution in [3.63, 3.8) is 0 Å². The van der Waals surface area contributed by atoms with Gasteiger partial charge in [-0.2, -0.15) is 5.26 Å². The van der Waals surface area contributed by atoms with Crippen molar-refractivity contribution in [2.24, 2.45) is 0 Å². The maximum atomic E-state index is 8.73. The van der Waals surface area contributed by atoms with E-state index in [0.717, 1.165) is 28.4 Å².